The summed E-state index contributed by atoms with van der Waals surface area (Å²) in [4.78, 5) is 29.0. The first-order valence-corrected chi connectivity index (χ1v) is 8.95. The van der Waals surface area contributed by atoms with Crippen molar-refractivity contribution in [1.82, 2.24) is 9.80 Å². The number of nitrogens with two attached hydrogens (primary N) is 1. The van der Waals surface area contributed by atoms with Gasteiger partial charge in [-0.25, -0.2) is 0 Å². The van der Waals surface area contributed by atoms with Gasteiger partial charge in [-0.15, -0.1) is 12.4 Å². The fraction of sp³-hybridized carbons (Fsp3) is 0.579. The zero-order valence-electron chi connectivity index (χ0n) is 14.8. The average Bonchev–Trinajstić information content (AvgIpc) is 3.10. The first-order valence-electron chi connectivity index (χ1n) is 8.95. The highest BCUT2D eigenvalue weighted by Gasteiger charge is 2.36. The van der Waals surface area contributed by atoms with Crippen LogP contribution in [-0.2, 0) is 4.79 Å². The van der Waals surface area contributed by atoms with Crippen molar-refractivity contribution >= 4 is 24.2 Å². The first-order chi connectivity index (χ1) is 11.6. The number of hydrogen-bond donors (Lipinski definition) is 1. The van der Waals surface area contributed by atoms with Crippen molar-refractivity contribution in [2.24, 2.45) is 17.6 Å². The summed E-state index contributed by atoms with van der Waals surface area (Å²) in [5, 5.41) is 0. The molecule has 1 saturated heterocycles. The molecule has 0 radical (unpaired) electrons. The van der Waals surface area contributed by atoms with Gasteiger partial charge in [0.15, 0.2) is 0 Å². The molecule has 1 aliphatic heterocycles. The molecule has 1 saturated carbocycles. The highest BCUT2D eigenvalue weighted by Crippen LogP contribution is 2.32. The Morgan fingerprint density at radius 1 is 1.04 bits per heavy atom. The fourth-order valence-corrected chi connectivity index (χ4v) is 3.89. The van der Waals surface area contributed by atoms with Gasteiger partial charge in [-0.1, -0.05) is 24.1 Å². The second-order valence-corrected chi connectivity index (χ2v) is 7.02. The number of carbonyl (C=O) groups is 2. The topological polar surface area (TPSA) is 66.6 Å². The van der Waals surface area contributed by atoms with E-state index in [4.69, 9.17) is 5.73 Å². The molecule has 2 fully saturated rings. The van der Waals surface area contributed by atoms with Crippen LogP contribution in [0.1, 0.15) is 35.2 Å². The normalized spacial score (nSPS) is 23.3. The van der Waals surface area contributed by atoms with Gasteiger partial charge in [0.2, 0.25) is 5.91 Å². The molecule has 5 nitrogen and oxygen atoms in total. The van der Waals surface area contributed by atoms with Crippen LogP contribution in [0.3, 0.4) is 0 Å². The van der Waals surface area contributed by atoms with Gasteiger partial charge in [-0.2, -0.15) is 0 Å². The molecule has 1 aromatic rings. The zero-order chi connectivity index (χ0) is 17.1. The molecule has 6 heteroatoms. The van der Waals surface area contributed by atoms with Gasteiger partial charge >= 0.3 is 0 Å². The Bertz CT molecular complexity index is 597. The largest absolute Gasteiger partial charge is 0.339 e. The van der Waals surface area contributed by atoms with Gasteiger partial charge < -0.3 is 15.5 Å². The number of piperazine rings is 1. The molecule has 0 bridgehead atoms. The molecular formula is C19H28ClN3O2. The van der Waals surface area contributed by atoms with Gasteiger partial charge in [0.05, 0.1) is 0 Å². The monoisotopic (exact) mass is 365 g/mol. The molecule has 1 aromatic carbocycles. The van der Waals surface area contributed by atoms with E-state index in [1.165, 1.54) is 0 Å². The predicted molar refractivity (Wildman–Crippen MR) is 101 cm³/mol. The van der Waals surface area contributed by atoms with E-state index >= 15 is 0 Å². The highest BCUT2D eigenvalue weighted by atomic mass is 35.5. The summed E-state index contributed by atoms with van der Waals surface area (Å²) in [5.74, 6) is 0.729. The number of nitrogens with zero attached hydrogens (tertiary/aromatic N) is 2. The maximum absolute atomic E-state index is 12.7. The van der Waals surface area contributed by atoms with Crippen LogP contribution in [0.2, 0.25) is 0 Å². The van der Waals surface area contributed by atoms with E-state index in [0.29, 0.717) is 38.6 Å². The lowest BCUT2D eigenvalue weighted by Crippen LogP contribution is -2.52. The summed E-state index contributed by atoms with van der Waals surface area (Å²) in [7, 11) is 0. The van der Waals surface area contributed by atoms with Crippen molar-refractivity contribution in [2.75, 3.05) is 32.7 Å². The van der Waals surface area contributed by atoms with Crippen LogP contribution < -0.4 is 5.73 Å². The minimum Gasteiger partial charge on any atom is -0.339 e. The molecule has 2 atom stereocenters. The molecule has 2 N–H and O–H groups in total. The van der Waals surface area contributed by atoms with Gasteiger partial charge in [-0.3, -0.25) is 9.59 Å². The van der Waals surface area contributed by atoms with Gasteiger partial charge in [0.1, 0.15) is 0 Å². The average molecular weight is 366 g/mol. The van der Waals surface area contributed by atoms with Crippen LogP contribution in [0.5, 0.6) is 0 Å². The molecule has 0 unspecified atom stereocenters. The maximum Gasteiger partial charge on any atom is 0.253 e. The minimum atomic E-state index is 0. The molecule has 0 spiro atoms. The number of aryl methyl sites for hydroxylation is 1. The van der Waals surface area contributed by atoms with Crippen molar-refractivity contribution in [3.63, 3.8) is 0 Å². The summed E-state index contributed by atoms with van der Waals surface area (Å²) < 4.78 is 0. The van der Waals surface area contributed by atoms with E-state index < -0.39 is 0 Å². The van der Waals surface area contributed by atoms with E-state index in [9.17, 15) is 9.59 Å². The lowest BCUT2D eigenvalue weighted by molar-refractivity contribution is -0.138. The summed E-state index contributed by atoms with van der Waals surface area (Å²) in [5.41, 5.74) is 7.67. The second-order valence-electron chi connectivity index (χ2n) is 7.02. The number of carbonyl (C=O) groups excluding carboxylic acids is 2. The minimum absolute atomic E-state index is 0. The van der Waals surface area contributed by atoms with Crippen molar-refractivity contribution in [1.29, 1.82) is 0 Å². The Morgan fingerprint density at radius 3 is 2.24 bits per heavy atom. The maximum atomic E-state index is 12.7. The molecular weight excluding hydrogens is 338 g/mol. The van der Waals surface area contributed by atoms with Crippen molar-refractivity contribution in [2.45, 2.75) is 26.2 Å². The Morgan fingerprint density at radius 2 is 1.64 bits per heavy atom. The molecule has 1 heterocycles. The number of halogens is 1. The summed E-state index contributed by atoms with van der Waals surface area (Å²) in [6.45, 7) is 5.09. The van der Waals surface area contributed by atoms with Crippen molar-refractivity contribution in [3.05, 3.63) is 35.4 Å². The third-order valence-corrected chi connectivity index (χ3v) is 5.46. The van der Waals surface area contributed by atoms with E-state index in [2.05, 4.69) is 0 Å². The van der Waals surface area contributed by atoms with Crippen LogP contribution in [0.25, 0.3) is 0 Å². The van der Waals surface area contributed by atoms with Crippen LogP contribution in [0, 0.1) is 18.8 Å². The predicted octanol–water partition coefficient (Wildman–Crippen LogP) is 2.08. The third-order valence-electron chi connectivity index (χ3n) is 5.46. The van der Waals surface area contributed by atoms with Gasteiger partial charge in [-0.05, 0) is 44.4 Å². The Hall–Kier alpha value is -1.59. The number of rotatable bonds is 3. The van der Waals surface area contributed by atoms with E-state index in [1.807, 2.05) is 41.0 Å². The molecule has 3 rings (SSSR count). The molecule has 138 valence electrons. The summed E-state index contributed by atoms with van der Waals surface area (Å²) in [6, 6.07) is 7.67. The number of hydrogen-bond acceptors (Lipinski definition) is 3. The van der Waals surface area contributed by atoms with Crippen LogP contribution >= 0.6 is 12.4 Å². The molecule has 1 aliphatic carbocycles. The molecule has 0 aromatic heterocycles. The smallest absolute Gasteiger partial charge is 0.253 e. The summed E-state index contributed by atoms with van der Waals surface area (Å²) in [6.07, 6.45) is 3.13. The second kappa shape index (κ2) is 8.68. The van der Waals surface area contributed by atoms with E-state index in [0.717, 1.165) is 30.4 Å². The quantitative estimate of drug-likeness (QED) is 0.891. The SMILES string of the molecule is Cc1ccc(C(=O)N2CCN(C(=O)[C@@H]3CCC[C@@H]3CN)CC2)cc1.Cl. The van der Waals surface area contributed by atoms with E-state index in [-0.39, 0.29) is 30.1 Å². The summed E-state index contributed by atoms with van der Waals surface area (Å²) >= 11 is 0. The fourth-order valence-electron chi connectivity index (χ4n) is 3.89. The molecule has 2 amide bonds. The Balaban J connectivity index is 0.00000225. The van der Waals surface area contributed by atoms with E-state index in [1.54, 1.807) is 0 Å². The molecule has 2 aliphatic rings. The van der Waals surface area contributed by atoms with Crippen LogP contribution in [0.15, 0.2) is 24.3 Å². The first kappa shape index (κ1) is 19.7. The Labute approximate surface area is 155 Å². The van der Waals surface area contributed by atoms with Crippen LogP contribution in [-0.4, -0.2) is 54.3 Å². The standard InChI is InChI=1S/C19H27N3O2.ClH/c1-14-5-7-15(8-6-14)18(23)21-9-11-22(12-10-21)19(24)17-4-2-3-16(17)13-20;/h5-8,16-17H,2-4,9-13,20H2,1H3;1H/t16-,17-;/m1./s1. The zero-order valence-corrected chi connectivity index (χ0v) is 15.6. The number of amides is 2. The number of benzene rings is 1. The van der Waals surface area contributed by atoms with Gasteiger partial charge in [0.25, 0.3) is 5.91 Å². The van der Waals surface area contributed by atoms with Crippen LogP contribution in [0.4, 0.5) is 0 Å². The molecule has 25 heavy (non-hydrogen) atoms. The van der Waals surface area contributed by atoms with Gasteiger partial charge in [0, 0.05) is 37.7 Å². The van der Waals surface area contributed by atoms with Crippen molar-refractivity contribution in [3.8, 4) is 0 Å². The lowest BCUT2D eigenvalue weighted by Gasteiger charge is -2.36. The third kappa shape index (κ3) is 4.33. The lowest BCUT2D eigenvalue weighted by atomic mass is 9.94. The van der Waals surface area contributed by atoms with Crippen molar-refractivity contribution < 1.29 is 9.59 Å². The highest BCUT2D eigenvalue weighted by molar-refractivity contribution is 5.94. The Kier molecular flexibility index (Phi) is 6.85.